The Morgan fingerprint density at radius 2 is 0.868 bits per heavy atom. The van der Waals surface area contributed by atoms with E-state index in [2.05, 4.69) is 9.97 Å². The van der Waals surface area contributed by atoms with Crippen LogP contribution in [0, 0.1) is 20.2 Å². The van der Waals surface area contributed by atoms with Crippen molar-refractivity contribution < 1.29 is 9.85 Å². The van der Waals surface area contributed by atoms with Crippen molar-refractivity contribution in [2.75, 3.05) is 47.8 Å². The average molecular weight is 514 g/mol. The Hall–Kier alpha value is -5.33. The summed E-state index contributed by atoms with van der Waals surface area (Å²) in [6, 6.07) is 18.4. The van der Waals surface area contributed by atoms with E-state index in [1.165, 1.54) is 21.9 Å². The number of rotatable bonds is 2. The molecule has 1 aromatic carbocycles. The molecular formula is C25H23N9O4. The zero-order valence-electron chi connectivity index (χ0n) is 21.0. The molecule has 3 aromatic heterocycles. The smallest absolute Gasteiger partial charge is 0.316 e. The quantitative estimate of drug-likeness (QED) is 0.262. The third-order valence-corrected chi connectivity index (χ3v) is 6.39. The molecule has 0 radical (unpaired) electrons. The van der Waals surface area contributed by atoms with Crippen LogP contribution in [0.3, 0.4) is 0 Å². The summed E-state index contributed by atoms with van der Waals surface area (Å²) in [6.07, 6.45) is 0. The molecule has 13 heteroatoms. The summed E-state index contributed by atoms with van der Waals surface area (Å²) in [5, 5.41) is 24.3. The minimum Gasteiger partial charge on any atom is -0.323 e. The molecule has 0 unspecified atom stereocenters. The Labute approximate surface area is 217 Å². The third-order valence-electron chi connectivity index (χ3n) is 6.39. The van der Waals surface area contributed by atoms with Crippen molar-refractivity contribution in [2.24, 2.45) is 0 Å². The topological polar surface area (TPSA) is 138 Å². The van der Waals surface area contributed by atoms with Crippen molar-refractivity contribution >= 4 is 57.7 Å². The summed E-state index contributed by atoms with van der Waals surface area (Å²) in [4.78, 5) is 43.8. The lowest BCUT2D eigenvalue weighted by Gasteiger charge is -2.26. The number of aromatic nitrogens is 3. The molecule has 192 valence electrons. The first-order chi connectivity index (χ1) is 18.2. The molecule has 0 amide bonds. The van der Waals surface area contributed by atoms with Crippen LogP contribution in [0.5, 0.6) is 0 Å². The number of nitro benzene ring substituents is 2. The molecule has 0 spiro atoms. The summed E-state index contributed by atoms with van der Waals surface area (Å²) in [6.45, 7) is 0. The van der Waals surface area contributed by atoms with Crippen LogP contribution in [0.2, 0.25) is 0 Å². The second kappa shape index (κ2) is 9.28. The van der Waals surface area contributed by atoms with Gasteiger partial charge in [0, 0.05) is 40.3 Å². The summed E-state index contributed by atoms with van der Waals surface area (Å²) in [5.41, 5.74) is -0.598. The van der Waals surface area contributed by atoms with Crippen LogP contribution < -0.4 is 19.6 Å². The van der Waals surface area contributed by atoms with Crippen LogP contribution in [0.1, 0.15) is 0 Å². The predicted molar refractivity (Wildman–Crippen MR) is 145 cm³/mol. The second-order valence-electron chi connectivity index (χ2n) is 8.64. The number of pyridine rings is 3. The van der Waals surface area contributed by atoms with Gasteiger partial charge in [0.2, 0.25) is 0 Å². The summed E-state index contributed by atoms with van der Waals surface area (Å²) < 4.78 is 0. The van der Waals surface area contributed by atoms with Crippen molar-refractivity contribution in [3.8, 4) is 0 Å². The zero-order chi connectivity index (χ0) is 27.1. The van der Waals surface area contributed by atoms with Crippen LogP contribution in [0.25, 0.3) is 0 Å². The Bertz CT molecular complexity index is 1480. The van der Waals surface area contributed by atoms with Crippen molar-refractivity contribution in [3.63, 3.8) is 0 Å². The number of nitro groups is 2. The summed E-state index contributed by atoms with van der Waals surface area (Å²) in [7, 11) is 6.78. The normalized spacial score (nSPS) is 12.9. The van der Waals surface area contributed by atoms with Crippen LogP contribution >= 0.6 is 0 Å². The number of hydrogen-bond donors (Lipinski definition) is 0. The van der Waals surface area contributed by atoms with Gasteiger partial charge in [0.15, 0.2) is 0 Å². The molecular weight excluding hydrogens is 490 g/mol. The van der Waals surface area contributed by atoms with E-state index in [-0.39, 0.29) is 22.7 Å². The fourth-order valence-corrected chi connectivity index (χ4v) is 4.23. The molecule has 13 nitrogen and oxygen atoms in total. The minimum absolute atomic E-state index is 0.0128. The van der Waals surface area contributed by atoms with Gasteiger partial charge in [-0.2, -0.15) is 0 Å². The molecule has 0 fully saturated rings. The molecule has 0 N–H and O–H groups in total. The average Bonchev–Trinajstić information content (AvgIpc) is 2.94. The molecule has 8 bridgehead atoms. The van der Waals surface area contributed by atoms with Gasteiger partial charge < -0.3 is 19.6 Å². The summed E-state index contributed by atoms with van der Waals surface area (Å²) in [5.74, 6) is 2.99. The molecule has 1 aliphatic heterocycles. The number of anilines is 8. The lowest BCUT2D eigenvalue weighted by molar-refractivity contribution is -0.388. The fourth-order valence-electron chi connectivity index (χ4n) is 4.23. The monoisotopic (exact) mass is 513 g/mol. The van der Waals surface area contributed by atoms with Crippen LogP contribution in [-0.4, -0.2) is 53.0 Å². The molecule has 4 aromatic rings. The molecule has 38 heavy (non-hydrogen) atoms. The Kier molecular flexibility index (Phi) is 5.95. The number of nitrogens with zero attached hydrogens (tertiary/aromatic N) is 9. The van der Waals surface area contributed by atoms with Crippen molar-refractivity contribution in [3.05, 3.63) is 87.0 Å². The van der Waals surface area contributed by atoms with E-state index in [1.807, 2.05) is 32.3 Å². The SMILES string of the molecule is CN1c2cccc(n2)N(C)c2cccc(n2)N(C)c2cc([N+](=O)[O-])cc(c2[N+](=O)[O-])N(C)c2cccc1n2. The largest absolute Gasteiger partial charge is 0.323 e. The van der Waals surface area contributed by atoms with E-state index in [0.717, 1.165) is 0 Å². The maximum absolute atomic E-state index is 12.4. The zero-order valence-corrected chi connectivity index (χ0v) is 21.0. The van der Waals surface area contributed by atoms with Gasteiger partial charge in [-0.25, -0.2) is 15.0 Å². The molecule has 5 rings (SSSR count). The Morgan fingerprint density at radius 3 is 1.16 bits per heavy atom. The van der Waals surface area contributed by atoms with Gasteiger partial charge in [0.05, 0.1) is 9.85 Å². The molecule has 0 saturated heterocycles. The van der Waals surface area contributed by atoms with E-state index in [0.29, 0.717) is 34.9 Å². The van der Waals surface area contributed by atoms with E-state index >= 15 is 0 Å². The standard InChI is InChI=1S/C25H23N9O4/c1-29-17-14-16(33(35)36)15-18(25(17)34(37)38)30(2)20-9-6-11-22(27-20)32(4)24-13-7-12-23(28-24)31(3)21-10-5-8-19(29)26-21/h5-15H,1-4H3. The van der Waals surface area contributed by atoms with E-state index in [1.54, 1.807) is 60.3 Å². The highest BCUT2D eigenvalue weighted by molar-refractivity contribution is 5.86. The van der Waals surface area contributed by atoms with Crippen LogP contribution in [-0.2, 0) is 0 Å². The first-order valence-corrected chi connectivity index (χ1v) is 11.5. The lowest BCUT2D eigenvalue weighted by Crippen LogP contribution is -2.21. The van der Waals surface area contributed by atoms with Gasteiger partial charge in [-0.3, -0.25) is 20.2 Å². The molecule has 0 atom stereocenters. The number of hydrogen-bond acceptors (Lipinski definition) is 11. The highest BCUT2D eigenvalue weighted by atomic mass is 16.6. The third kappa shape index (κ3) is 4.15. The van der Waals surface area contributed by atoms with E-state index in [9.17, 15) is 20.2 Å². The number of fused-ring (bicyclic) bond motifs is 8. The van der Waals surface area contributed by atoms with Crippen molar-refractivity contribution in [1.29, 1.82) is 0 Å². The second-order valence-corrected chi connectivity index (χ2v) is 8.64. The number of non-ortho nitro benzene ring substituents is 1. The van der Waals surface area contributed by atoms with E-state index < -0.39 is 9.85 Å². The van der Waals surface area contributed by atoms with Gasteiger partial charge in [-0.1, -0.05) is 18.2 Å². The van der Waals surface area contributed by atoms with Gasteiger partial charge in [0.25, 0.3) is 5.69 Å². The van der Waals surface area contributed by atoms with E-state index in [4.69, 9.17) is 4.98 Å². The Balaban J connectivity index is 1.84. The maximum Gasteiger partial charge on any atom is 0.316 e. The van der Waals surface area contributed by atoms with Gasteiger partial charge in [0.1, 0.15) is 46.3 Å². The van der Waals surface area contributed by atoms with Crippen LogP contribution in [0.4, 0.5) is 57.7 Å². The van der Waals surface area contributed by atoms with Crippen molar-refractivity contribution in [2.45, 2.75) is 0 Å². The lowest BCUT2D eigenvalue weighted by atomic mass is 10.1. The highest BCUT2D eigenvalue weighted by Gasteiger charge is 2.31. The first kappa shape index (κ1) is 24.4. The Morgan fingerprint density at radius 1 is 0.553 bits per heavy atom. The molecule has 0 saturated carbocycles. The van der Waals surface area contributed by atoms with Gasteiger partial charge in [-0.05, 0) is 36.4 Å². The summed E-state index contributed by atoms with van der Waals surface area (Å²) >= 11 is 0. The van der Waals surface area contributed by atoms with Gasteiger partial charge >= 0.3 is 5.69 Å². The molecule has 1 aliphatic rings. The highest BCUT2D eigenvalue weighted by Crippen LogP contribution is 2.44. The fraction of sp³-hybridized carbons (Fsp3) is 0.160. The predicted octanol–water partition coefficient (Wildman–Crippen LogP) is 5.07. The number of benzene rings is 1. The molecule has 4 heterocycles. The van der Waals surface area contributed by atoms with Gasteiger partial charge in [-0.15, -0.1) is 0 Å². The van der Waals surface area contributed by atoms with Crippen molar-refractivity contribution in [1.82, 2.24) is 15.0 Å². The first-order valence-electron chi connectivity index (χ1n) is 11.5. The maximum atomic E-state index is 12.4. The van der Waals surface area contributed by atoms with Crippen LogP contribution in [0.15, 0.2) is 66.7 Å². The minimum atomic E-state index is -0.579. The molecule has 0 aliphatic carbocycles.